The highest BCUT2D eigenvalue weighted by atomic mass is 32.2. The molecule has 3 heterocycles. The summed E-state index contributed by atoms with van der Waals surface area (Å²) in [7, 11) is -3.53. The van der Waals surface area contributed by atoms with E-state index in [1.807, 2.05) is 35.7 Å². The van der Waals surface area contributed by atoms with Crippen molar-refractivity contribution in [2.45, 2.75) is 35.9 Å². The maximum Gasteiger partial charge on any atom is 0.263 e. The van der Waals surface area contributed by atoms with Gasteiger partial charge in [-0.2, -0.15) is 4.31 Å². The Morgan fingerprint density at radius 1 is 1.08 bits per heavy atom. The summed E-state index contributed by atoms with van der Waals surface area (Å²) in [5.41, 5.74) is 2.11. The number of rotatable bonds is 9. The molecule has 1 aliphatic heterocycles. The standard InChI is InChI=1S/C28H28N4O4S3/c1-2-15-32-27(34)25-23(20-9-5-3-6-10-20)18-37-26(25)30-28(32)38-19-24(33)29-21-11-13-22(14-12-21)39(35,36)31-16-7-4-8-17-31/h2-3,5-6,9-14,18H,1,4,7-8,15-17,19H2,(H,29,33). The van der Waals surface area contributed by atoms with Gasteiger partial charge in [-0.05, 0) is 42.7 Å². The number of aromatic nitrogens is 2. The molecule has 1 saturated heterocycles. The minimum Gasteiger partial charge on any atom is -0.325 e. The van der Waals surface area contributed by atoms with Gasteiger partial charge in [0.05, 0.1) is 16.0 Å². The van der Waals surface area contributed by atoms with Gasteiger partial charge in [-0.1, -0.05) is 54.6 Å². The molecule has 1 amide bonds. The molecule has 1 N–H and O–H groups in total. The van der Waals surface area contributed by atoms with Crippen LogP contribution in [0.2, 0.25) is 0 Å². The largest absolute Gasteiger partial charge is 0.325 e. The molecule has 2 aromatic heterocycles. The molecule has 202 valence electrons. The van der Waals surface area contributed by atoms with Crippen molar-refractivity contribution < 1.29 is 13.2 Å². The van der Waals surface area contributed by atoms with Gasteiger partial charge >= 0.3 is 0 Å². The lowest BCUT2D eigenvalue weighted by Gasteiger charge is -2.25. The zero-order valence-corrected chi connectivity index (χ0v) is 23.7. The molecular formula is C28H28N4O4S3. The number of piperidine rings is 1. The van der Waals surface area contributed by atoms with Crippen LogP contribution in [0, 0.1) is 0 Å². The number of allylic oxidation sites excluding steroid dienone is 1. The molecule has 0 unspecified atom stereocenters. The first-order valence-electron chi connectivity index (χ1n) is 12.6. The Hall–Kier alpha value is -3.25. The molecule has 0 spiro atoms. The fourth-order valence-electron chi connectivity index (χ4n) is 4.53. The van der Waals surface area contributed by atoms with Gasteiger partial charge in [0.2, 0.25) is 15.9 Å². The number of carbonyl (C=O) groups is 1. The van der Waals surface area contributed by atoms with Crippen LogP contribution in [-0.4, -0.2) is 47.0 Å². The number of hydrogen-bond acceptors (Lipinski definition) is 7. The Labute approximate surface area is 235 Å². The topological polar surface area (TPSA) is 101 Å². The van der Waals surface area contributed by atoms with E-state index in [1.165, 1.54) is 44.1 Å². The molecule has 1 fully saturated rings. The Balaban J connectivity index is 1.30. The van der Waals surface area contributed by atoms with E-state index < -0.39 is 10.0 Å². The van der Waals surface area contributed by atoms with Gasteiger partial charge < -0.3 is 5.32 Å². The first-order chi connectivity index (χ1) is 18.9. The monoisotopic (exact) mass is 580 g/mol. The van der Waals surface area contributed by atoms with Crippen molar-refractivity contribution in [3.05, 3.63) is 83.0 Å². The fourth-order valence-corrected chi connectivity index (χ4v) is 7.84. The summed E-state index contributed by atoms with van der Waals surface area (Å²) in [6.07, 6.45) is 4.42. The van der Waals surface area contributed by atoms with Gasteiger partial charge in [0, 0.05) is 36.3 Å². The van der Waals surface area contributed by atoms with Crippen LogP contribution >= 0.6 is 23.1 Å². The third-order valence-electron chi connectivity index (χ3n) is 6.48. The molecule has 0 radical (unpaired) electrons. The van der Waals surface area contributed by atoms with Crippen molar-refractivity contribution in [3.63, 3.8) is 0 Å². The van der Waals surface area contributed by atoms with Crippen molar-refractivity contribution in [3.8, 4) is 11.1 Å². The van der Waals surface area contributed by atoms with Crippen molar-refractivity contribution in [1.29, 1.82) is 0 Å². The van der Waals surface area contributed by atoms with Crippen LogP contribution in [-0.2, 0) is 21.4 Å². The lowest BCUT2D eigenvalue weighted by atomic mass is 10.1. The van der Waals surface area contributed by atoms with Crippen molar-refractivity contribution in [1.82, 2.24) is 13.9 Å². The summed E-state index contributed by atoms with van der Waals surface area (Å²) in [5.74, 6) is -0.262. The van der Waals surface area contributed by atoms with Gasteiger partial charge in [0.25, 0.3) is 5.56 Å². The number of carbonyl (C=O) groups excluding carboxylic acids is 1. The Bertz CT molecular complexity index is 1660. The second kappa shape index (κ2) is 11.9. The Morgan fingerprint density at radius 2 is 1.79 bits per heavy atom. The van der Waals surface area contributed by atoms with E-state index >= 15 is 0 Å². The molecule has 0 aliphatic carbocycles. The van der Waals surface area contributed by atoms with Crippen LogP contribution in [0.4, 0.5) is 5.69 Å². The molecule has 4 aromatic rings. The van der Waals surface area contributed by atoms with Crippen LogP contribution in [0.15, 0.2) is 87.5 Å². The Morgan fingerprint density at radius 3 is 2.49 bits per heavy atom. The lowest BCUT2D eigenvalue weighted by molar-refractivity contribution is -0.113. The van der Waals surface area contributed by atoms with Crippen molar-refractivity contribution in [2.24, 2.45) is 0 Å². The summed E-state index contributed by atoms with van der Waals surface area (Å²) >= 11 is 2.57. The van der Waals surface area contributed by atoms with E-state index in [0.717, 1.165) is 30.4 Å². The molecule has 11 heteroatoms. The predicted molar refractivity (Wildman–Crippen MR) is 158 cm³/mol. The van der Waals surface area contributed by atoms with E-state index in [2.05, 4.69) is 11.9 Å². The predicted octanol–water partition coefficient (Wildman–Crippen LogP) is 5.22. The number of amides is 1. The summed E-state index contributed by atoms with van der Waals surface area (Å²) in [6.45, 7) is 5.11. The van der Waals surface area contributed by atoms with E-state index in [1.54, 1.807) is 18.2 Å². The highest BCUT2D eigenvalue weighted by Crippen LogP contribution is 2.32. The molecule has 0 saturated carbocycles. The van der Waals surface area contributed by atoms with E-state index in [0.29, 0.717) is 34.1 Å². The normalized spacial score (nSPS) is 14.4. The summed E-state index contributed by atoms with van der Waals surface area (Å²) in [4.78, 5) is 31.7. The SMILES string of the molecule is C=CCn1c(SCC(=O)Nc2ccc(S(=O)(=O)N3CCCCC3)cc2)nc2scc(-c3ccccc3)c2c1=O. The highest BCUT2D eigenvalue weighted by molar-refractivity contribution is 7.99. The molecule has 2 aromatic carbocycles. The number of thioether (sulfide) groups is 1. The van der Waals surface area contributed by atoms with Crippen LogP contribution in [0.5, 0.6) is 0 Å². The number of thiophene rings is 1. The van der Waals surface area contributed by atoms with Crippen LogP contribution < -0.4 is 10.9 Å². The molecule has 8 nitrogen and oxygen atoms in total. The van der Waals surface area contributed by atoms with Crippen LogP contribution in [0.3, 0.4) is 0 Å². The maximum atomic E-state index is 13.5. The van der Waals surface area contributed by atoms with Gasteiger partial charge in [-0.3, -0.25) is 14.2 Å². The Kier molecular flexibility index (Phi) is 8.31. The molecule has 0 atom stereocenters. The van der Waals surface area contributed by atoms with Gasteiger partial charge in [0.15, 0.2) is 5.16 Å². The number of hydrogen-bond donors (Lipinski definition) is 1. The molecular weight excluding hydrogens is 553 g/mol. The second-order valence-corrected chi connectivity index (χ2v) is 12.9. The average molecular weight is 581 g/mol. The van der Waals surface area contributed by atoms with Gasteiger partial charge in [-0.25, -0.2) is 13.4 Å². The minimum atomic E-state index is -3.53. The van der Waals surface area contributed by atoms with Gasteiger partial charge in [-0.15, -0.1) is 17.9 Å². The van der Waals surface area contributed by atoms with Crippen molar-refractivity contribution in [2.75, 3.05) is 24.2 Å². The molecule has 5 rings (SSSR count). The zero-order chi connectivity index (χ0) is 27.4. The van der Waals surface area contributed by atoms with Crippen LogP contribution in [0.25, 0.3) is 21.3 Å². The van der Waals surface area contributed by atoms with Crippen LogP contribution in [0.1, 0.15) is 19.3 Å². The summed E-state index contributed by atoms with van der Waals surface area (Å²) in [5, 5.41) is 5.73. The smallest absolute Gasteiger partial charge is 0.263 e. The lowest BCUT2D eigenvalue weighted by Crippen LogP contribution is -2.35. The molecule has 1 aliphatic rings. The summed E-state index contributed by atoms with van der Waals surface area (Å²) in [6, 6.07) is 15.9. The number of fused-ring (bicyclic) bond motifs is 1. The first kappa shape index (κ1) is 27.3. The number of anilines is 1. The number of nitrogens with one attached hydrogen (secondary N) is 1. The second-order valence-electron chi connectivity index (χ2n) is 9.12. The number of benzene rings is 2. The summed E-state index contributed by atoms with van der Waals surface area (Å²) < 4.78 is 28.8. The first-order valence-corrected chi connectivity index (χ1v) is 15.9. The quantitative estimate of drug-likeness (QED) is 0.166. The maximum absolute atomic E-state index is 13.5. The van der Waals surface area contributed by atoms with Crippen molar-refractivity contribution >= 4 is 54.9 Å². The molecule has 0 bridgehead atoms. The van der Waals surface area contributed by atoms with E-state index in [4.69, 9.17) is 4.98 Å². The third-order valence-corrected chi connectivity index (χ3v) is 10.2. The number of nitrogens with zero attached hydrogens (tertiary/aromatic N) is 3. The fraction of sp³-hybridized carbons (Fsp3) is 0.250. The van der Waals surface area contributed by atoms with Gasteiger partial charge in [0.1, 0.15) is 4.83 Å². The third kappa shape index (κ3) is 5.86. The van der Waals surface area contributed by atoms with E-state index in [9.17, 15) is 18.0 Å². The zero-order valence-electron chi connectivity index (χ0n) is 21.2. The average Bonchev–Trinajstić information content (AvgIpc) is 3.39. The number of sulfonamides is 1. The highest BCUT2D eigenvalue weighted by Gasteiger charge is 2.25. The molecule has 39 heavy (non-hydrogen) atoms. The minimum absolute atomic E-state index is 0.0276. The van der Waals surface area contributed by atoms with E-state index in [-0.39, 0.29) is 28.7 Å².